The first-order valence-electron chi connectivity index (χ1n) is 6.30. The molecule has 1 amide bonds. The summed E-state index contributed by atoms with van der Waals surface area (Å²) < 4.78 is 0. The van der Waals surface area contributed by atoms with Crippen molar-refractivity contribution in [1.29, 1.82) is 0 Å². The topological polar surface area (TPSA) is 87.7 Å². The number of rotatable bonds is 5. The molecule has 0 aliphatic heterocycles. The number of amidine groups is 1. The van der Waals surface area contributed by atoms with Crippen molar-refractivity contribution < 1.29 is 10.0 Å². The molecule has 1 aromatic rings. The SMILES string of the molecule is CCCC(C)(C)NC(=O)c1cccc(/C(N)=N/O)c1. The lowest BCUT2D eigenvalue weighted by atomic mass is 9.98. The number of oxime groups is 1. The van der Waals surface area contributed by atoms with E-state index < -0.39 is 0 Å². The number of nitrogens with one attached hydrogen (secondary N) is 1. The van der Waals surface area contributed by atoms with E-state index in [4.69, 9.17) is 10.9 Å². The minimum atomic E-state index is -0.252. The number of carbonyl (C=O) groups is 1. The maximum atomic E-state index is 12.1. The predicted octanol–water partition coefficient (Wildman–Crippen LogP) is 2.09. The number of nitrogens with two attached hydrogens (primary N) is 1. The van der Waals surface area contributed by atoms with Gasteiger partial charge in [-0.1, -0.05) is 30.6 Å². The molecule has 5 nitrogen and oxygen atoms in total. The highest BCUT2D eigenvalue weighted by Gasteiger charge is 2.20. The summed E-state index contributed by atoms with van der Waals surface area (Å²) in [5.74, 6) is -0.173. The van der Waals surface area contributed by atoms with Gasteiger partial charge in [-0.3, -0.25) is 4.79 Å². The standard InChI is InChI=1S/C14H21N3O2/c1-4-8-14(2,3)16-13(18)11-7-5-6-10(9-11)12(15)17-19/h5-7,9,19H,4,8H2,1-3H3,(H2,15,17)(H,16,18). The minimum Gasteiger partial charge on any atom is -0.409 e. The molecule has 0 spiro atoms. The van der Waals surface area contributed by atoms with Crippen molar-refractivity contribution in [2.45, 2.75) is 39.2 Å². The molecule has 5 heteroatoms. The molecule has 0 saturated carbocycles. The van der Waals surface area contributed by atoms with Gasteiger partial charge in [-0.15, -0.1) is 0 Å². The fourth-order valence-corrected chi connectivity index (χ4v) is 1.94. The van der Waals surface area contributed by atoms with E-state index in [-0.39, 0.29) is 17.3 Å². The van der Waals surface area contributed by atoms with Gasteiger partial charge in [0, 0.05) is 16.7 Å². The highest BCUT2D eigenvalue weighted by Crippen LogP contribution is 2.13. The van der Waals surface area contributed by atoms with Crippen LogP contribution in [0.5, 0.6) is 0 Å². The van der Waals surface area contributed by atoms with E-state index in [0.29, 0.717) is 11.1 Å². The van der Waals surface area contributed by atoms with E-state index in [1.165, 1.54) is 0 Å². The monoisotopic (exact) mass is 263 g/mol. The van der Waals surface area contributed by atoms with Crippen molar-refractivity contribution in [2.75, 3.05) is 0 Å². The Bertz CT molecular complexity index is 481. The molecule has 0 radical (unpaired) electrons. The lowest BCUT2D eigenvalue weighted by Crippen LogP contribution is -2.43. The molecule has 0 atom stereocenters. The second-order valence-electron chi connectivity index (χ2n) is 5.15. The molecule has 0 unspecified atom stereocenters. The molecule has 0 aliphatic rings. The minimum absolute atomic E-state index is 0.0116. The zero-order valence-electron chi connectivity index (χ0n) is 11.6. The molecule has 0 bridgehead atoms. The summed E-state index contributed by atoms with van der Waals surface area (Å²) in [4.78, 5) is 12.1. The molecule has 0 aromatic heterocycles. The van der Waals surface area contributed by atoms with E-state index >= 15 is 0 Å². The summed E-state index contributed by atoms with van der Waals surface area (Å²) in [7, 11) is 0. The van der Waals surface area contributed by atoms with Gasteiger partial charge in [-0.2, -0.15) is 0 Å². The third-order valence-electron chi connectivity index (χ3n) is 2.86. The molecular formula is C14H21N3O2. The number of hydrogen-bond donors (Lipinski definition) is 3. The molecule has 1 rings (SSSR count). The van der Waals surface area contributed by atoms with Gasteiger partial charge in [0.15, 0.2) is 5.84 Å². The zero-order chi connectivity index (χ0) is 14.5. The van der Waals surface area contributed by atoms with Crippen LogP contribution in [-0.4, -0.2) is 22.5 Å². The van der Waals surface area contributed by atoms with Gasteiger partial charge in [0.1, 0.15) is 0 Å². The largest absolute Gasteiger partial charge is 0.409 e. The smallest absolute Gasteiger partial charge is 0.251 e. The average Bonchev–Trinajstić information content (AvgIpc) is 2.37. The van der Waals surface area contributed by atoms with Crippen molar-refractivity contribution in [3.05, 3.63) is 35.4 Å². The third kappa shape index (κ3) is 4.28. The molecular weight excluding hydrogens is 242 g/mol. The van der Waals surface area contributed by atoms with Crippen LogP contribution in [0.1, 0.15) is 49.5 Å². The summed E-state index contributed by atoms with van der Waals surface area (Å²) in [6.45, 7) is 6.05. The first kappa shape index (κ1) is 15.0. The molecule has 0 saturated heterocycles. The quantitative estimate of drug-likeness (QED) is 0.329. The summed E-state index contributed by atoms with van der Waals surface area (Å²) in [5, 5.41) is 14.5. The van der Waals surface area contributed by atoms with Crippen LogP contribution in [0.2, 0.25) is 0 Å². The van der Waals surface area contributed by atoms with Crippen molar-refractivity contribution >= 4 is 11.7 Å². The van der Waals surface area contributed by atoms with Gasteiger partial charge >= 0.3 is 0 Å². The van der Waals surface area contributed by atoms with Crippen LogP contribution in [0.25, 0.3) is 0 Å². The molecule has 4 N–H and O–H groups in total. The maximum Gasteiger partial charge on any atom is 0.251 e. The summed E-state index contributed by atoms with van der Waals surface area (Å²) >= 11 is 0. The number of carbonyl (C=O) groups excluding carboxylic acids is 1. The van der Waals surface area contributed by atoms with Crippen LogP contribution in [0.4, 0.5) is 0 Å². The van der Waals surface area contributed by atoms with Crippen molar-refractivity contribution in [3.8, 4) is 0 Å². The van der Waals surface area contributed by atoms with Gasteiger partial charge in [0.05, 0.1) is 0 Å². The van der Waals surface area contributed by atoms with Crippen molar-refractivity contribution in [1.82, 2.24) is 5.32 Å². The van der Waals surface area contributed by atoms with Gasteiger partial charge < -0.3 is 16.3 Å². The number of nitrogens with zero attached hydrogens (tertiary/aromatic N) is 1. The second kappa shape index (κ2) is 6.22. The number of benzene rings is 1. The second-order valence-corrected chi connectivity index (χ2v) is 5.15. The van der Waals surface area contributed by atoms with E-state index in [1.54, 1.807) is 24.3 Å². The fourth-order valence-electron chi connectivity index (χ4n) is 1.94. The van der Waals surface area contributed by atoms with Gasteiger partial charge in [0.2, 0.25) is 0 Å². The van der Waals surface area contributed by atoms with E-state index in [2.05, 4.69) is 17.4 Å². The van der Waals surface area contributed by atoms with Crippen LogP contribution in [-0.2, 0) is 0 Å². The Morgan fingerprint density at radius 2 is 2.05 bits per heavy atom. The van der Waals surface area contributed by atoms with Gasteiger partial charge in [-0.25, -0.2) is 0 Å². The highest BCUT2D eigenvalue weighted by atomic mass is 16.4. The first-order chi connectivity index (χ1) is 8.89. The molecule has 0 fully saturated rings. The summed E-state index contributed by atoms with van der Waals surface area (Å²) in [6, 6.07) is 6.69. The third-order valence-corrected chi connectivity index (χ3v) is 2.86. The Balaban J connectivity index is 2.89. The summed E-state index contributed by atoms with van der Waals surface area (Å²) in [5.41, 5.74) is 6.27. The Hall–Kier alpha value is -2.04. The molecule has 1 aromatic carbocycles. The van der Waals surface area contributed by atoms with Gasteiger partial charge in [-0.05, 0) is 32.4 Å². The highest BCUT2D eigenvalue weighted by molar-refractivity contribution is 6.01. The van der Waals surface area contributed by atoms with Crippen LogP contribution in [0, 0.1) is 0 Å². The first-order valence-corrected chi connectivity index (χ1v) is 6.30. The lowest BCUT2D eigenvalue weighted by molar-refractivity contribution is 0.0909. The molecule has 0 aliphatic carbocycles. The zero-order valence-corrected chi connectivity index (χ0v) is 11.6. The fraction of sp³-hybridized carbons (Fsp3) is 0.429. The lowest BCUT2D eigenvalue weighted by Gasteiger charge is -2.25. The predicted molar refractivity (Wildman–Crippen MR) is 75.4 cm³/mol. The van der Waals surface area contributed by atoms with E-state index in [9.17, 15) is 4.79 Å². The Labute approximate surface area is 113 Å². The van der Waals surface area contributed by atoms with Crippen LogP contribution < -0.4 is 11.1 Å². The number of amides is 1. The van der Waals surface area contributed by atoms with Crippen molar-refractivity contribution in [2.24, 2.45) is 10.9 Å². The molecule has 104 valence electrons. The van der Waals surface area contributed by atoms with Gasteiger partial charge in [0.25, 0.3) is 5.91 Å². The maximum absolute atomic E-state index is 12.1. The van der Waals surface area contributed by atoms with Crippen LogP contribution in [0.15, 0.2) is 29.4 Å². The Morgan fingerprint density at radius 3 is 2.63 bits per heavy atom. The number of hydrogen-bond acceptors (Lipinski definition) is 3. The Morgan fingerprint density at radius 1 is 1.42 bits per heavy atom. The van der Waals surface area contributed by atoms with Crippen LogP contribution >= 0.6 is 0 Å². The normalized spacial score (nSPS) is 12.3. The molecule has 0 heterocycles. The molecule has 19 heavy (non-hydrogen) atoms. The van der Waals surface area contributed by atoms with Crippen molar-refractivity contribution in [3.63, 3.8) is 0 Å². The average molecular weight is 263 g/mol. The summed E-state index contributed by atoms with van der Waals surface area (Å²) in [6.07, 6.45) is 1.90. The Kier molecular flexibility index (Phi) is 4.92. The van der Waals surface area contributed by atoms with E-state index in [1.807, 2.05) is 13.8 Å². The van der Waals surface area contributed by atoms with E-state index in [0.717, 1.165) is 12.8 Å². The van der Waals surface area contributed by atoms with Crippen LogP contribution in [0.3, 0.4) is 0 Å².